The highest BCUT2D eigenvalue weighted by Crippen LogP contribution is 2.35. The zero-order valence-corrected chi connectivity index (χ0v) is 11.9. The van der Waals surface area contributed by atoms with Gasteiger partial charge in [0, 0.05) is 21.7 Å². The lowest BCUT2D eigenvalue weighted by Gasteiger charge is -2.20. The van der Waals surface area contributed by atoms with Gasteiger partial charge in [-0.15, -0.1) is 11.3 Å². The monoisotopic (exact) mass is 261 g/mol. The van der Waals surface area contributed by atoms with Crippen molar-refractivity contribution in [1.82, 2.24) is 0 Å². The first kappa shape index (κ1) is 13.1. The van der Waals surface area contributed by atoms with Crippen molar-refractivity contribution < 1.29 is 4.74 Å². The third kappa shape index (κ3) is 2.57. The molecule has 0 radical (unpaired) electrons. The lowest BCUT2D eigenvalue weighted by molar-refractivity contribution is 0.415. The number of methoxy groups -OCH3 is 1. The molecule has 0 aliphatic carbocycles. The van der Waals surface area contributed by atoms with Crippen molar-refractivity contribution in [2.24, 2.45) is 5.73 Å². The first-order valence-electron chi connectivity index (χ1n) is 6.01. The third-order valence-corrected chi connectivity index (χ3v) is 4.66. The van der Waals surface area contributed by atoms with Crippen molar-refractivity contribution in [3.63, 3.8) is 0 Å². The molecule has 0 spiro atoms. The van der Waals surface area contributed by atoms with Crippen LogP contribution < -0.4 is 10.5 Å². The maximum atomic E-state index is 5.81. The Hall–Kier alpha value is -1.32. The Labute approximate surface area is 112 Å². The average Bonchev–Trinajstić information content (AvgIpc) is 2.89. The van der Waals surface area contributed by atoms with Gasteiger partial charge in [0.2, 0.25) is 0 Å². The molecule has 0 unspecified atom stereocenters. The van der Waals surface area contributed by atoms with Crippen molar-refractivity contribution in [2.75, 3.05) is 13.7 Å². The molecule has 0 aliphatic rings. The van der Waals surface area contributed by atoms with Gasteiger partial charge in [0.05, 0.1) is 7.11 Å². The van der Waals surface area contributed by atoms with Crippen molar-refractivity contribution in [1.29, 1.82) is 0 Å². The molecule has 0 fully saturated rings. The number of thiophene rings is 1. The number of hydrogen-bond acceptors (Lipinski definition) is 3. The maximum Gasteiger partial charge on any atom is 0.118 e. The molecular formula is C15H19NOS. The van der Waals surface area contributed by atoms with E-state index in [0.717, 1.165) is 5.75 Å². The van der Waals surface area contributed by atoms with E-state index in [4.69, 9.17) is 10.5 Å². The highest BCUT2D eigenvalue weighted by atomic mass is 32.1. The van der Waals surface area contributed by atoms with E-state index in [1.807, 2.05) is 23.5 Å². The summed E-state index contributed by atoms with van der Waals surface area (Å²) in [6.07, 6.45) is 0. The minimum Gasteiger partial charge on any atom is -0.497 e. The Bertz CT molecular complexity index is 514. The van der Waals surface area contributed by atoms with Crippen molar-refractivity contribution in [2.45, 2.75) is 19.3 Å². The van der Waals surface area contributed by atoms with Crippen molar-refractivity contribution >= 4 is 11.3 Å². The minimum atomic E-state index is 0.0510. The first-order valence-corrected chi connectivity index (χ1v) is 6.83. The molecule has 2 nitrogen and oxygen atoms in total. The smallest absolute Gasteiger partial charge is 0.118 e. The Balaban J connectivity index is 2.29. The van der Waals surface area contributed by atoms with Crippen LogP contribution in [0.25, 0.3) is 10.4 Å². The molecule has 0 amide bonds. The molecule has 96 valence electrons. The lowest BCUT2D eigenvalue weighted by Crippen LogP contribution is -2.26. The molecule has 0 atom stereocenters. The van der Waals surface area contributed by atoms with E-state index in [9.17, 15) is 0 Å². The predicted molar refractivity (Wildman–Crippen MR) is 78.4 cm³/mol. The fourth-order valence-electron chi connectivity index (χ4n) is 1.71. The summed E-state index contributed by atoms with van der Waals surface area (Å²) in [5, 5.41) is 0. The summed E-state index contributed by atoms with van der Waals surface area (Å²) in [6, 6.07) is 12.5. The zero-order chi connectivity index (χ0) is 13.2. The standard InChI is InChI=1S/C15H19NOS/c1-15(2,10-16)14-9-8-13(18-14)11-4-6-12(17-3)7-5-11/h4-9H,10,16H2,1-3H3. The molecule has 1 aromatic heterocycles. The van der Waals surface area contributed by atoms with Gasteiger partial charge in [-0.25, -0.2) is 0 Å². The highest BCUT2D eigenvalue weighted by molar-refractivity contribution is 7.15. The Morgan fingerprint density at radius 1 is 1.11 bits per heavy atom. The molecule has 2 rings (SSSR count). The van der Waals surface area contributed by atoms with E-state index in [2.05, 4.69) is 38.1 Å². The van der Waals surface area contributed by atoms with Gasteiger partial charge in [-0.05, 0) is 42.0 Å². The fraction of sp³-hybridized carbons (Fsp3) is 0.333. The molecule has 0 aliphatic heterocycles. The SMILES string of the molecule is COc1ccc(-c2ccc(C(C)(C)CN)s2)cc1. The van der Waals surface area contributed by atoms with Crippen LogP contribution in [-0.2, 0) is 5.41 Å². The molecule has 2 aromatic rings. The number of rotatable bonds is 4. The van der Waals surface area contributed by atoms with Crippen LogP contribution in [-0.4, -0.2) is 13.7 Å². The molecule has 1 heterocycles. The number of hydrogen-bond donors (Lipinski definition) is 1. The van der Waals surface area contributed by atoms with Gasteiger partial charge in [0.1, 0.15) is 5.75 Å². The minimum absolute atomic E-state index is 0.0510. The fourth-order valence-corrected chi connectivity index (χ4v) is 2.84. The van der Waals surface area contributed by atoms with Gasteiger partial charge in [-0.1, -0.05) is 13.8 Å². The van der Waals surface area contributed by atoms with Gasteiger partial charge < -0.3 is 10.5 Å². The quantitative estimate of drug-likeness (QED) is 0.911. The number of ether oxygens (including phenoxy) is 1. The van der Waals surface area contributed by atoms with Gasteiger partial charge in [0.25, 0.3) is 0 Å². The van der Waals surface area contributed by atoms with Crippen LogP contribution in [0.2, 0.25) is 0 Å². The molecule has 0 saturated carbocycles. The summed E-state index contributed by atoms with van der Waals surface area (Å²) in [6.45, 7) is 5.02. The third-order valence-electron chi connectivity index (χ3n) is 3.16. The van der Waals surface area contributed by atoms with Crippen molar-refractivity contribution in [3.8, 4) is 16.2 Å². The maximum absolute atomic E-state index is 5.81. The van der Waals surface area contributed by atoms with Crippen LogP contribution in [0.3, 0.4) is 0 Å². The van der Waals surface area contributed by atoms with Crippen molar-refractivity contribution in [3.05, 3.63) is 41.3 Å². The van der Waals surface area contributed by atoms with Gasteiger partial charge in [-0.3, -0.25) is 0 Å². The predicted octanol–water partition coefficient (Wildman–Crippen LogP) is 3.66. The number of benzene rings is 1. The summed E-state index contributed by atoms with van der Waals surface area (Å²) >= 11 is 1.81. The van der Waals surface area contributed by atoms with Gasteiger partial charge >= 0.3 is 0 Å². The van der Waals surface area contributed by atoms with E-state index in [-0.39, 0.29) is 5.41 Å². The molecule has 2 N–H and O–H groups in total. The van der Waals surface area contributed by atoms with Crippen LogP contribution in [0.1, 0.15) is 18.7 Å². The summed E-state index contributed by atoms with van der Waals surface area (Å²) in [5.41, 5.74) is 7.09. The largest absolute Gasteiger partial charge is 0.497 e. The van der Waals surface area contributed by atoms with Crippen LogP contribution >= 0.6 is 11.3 Å². The summed E-state index contributed by atoms with van der Waals surface area (Å²) in [4.78, 5) is 2.60. The molecule has 0 saturated heterocycles. The second kappa shape index (κ2) is 5.12. The summed E-state index contributed by atoms with van der Waals surface area (Å²) < 4.78 is 5.17. The molecule has 1 aromatic carbocycles. The Morgan fingerprint density at radius 2 is 1.78 bits per heavy atom. The molecule has 18 heavy (non-hydrogen) atoms. The normalized spacial score (nSPS) is 11.6. The number of nitrogens with two attached hydrogens (primary N) is 1. The van der Waals surface area contributed by atoms with Crippen LogP contribution in [0.4, 0.5) is 0 Å². The van der Waals surface area contributed by atoms with Gasteiger partial charge in [-0.2, -0.15) is 0 Å². The molecule has 0 bridgehead atoms. The average molecular weight is 261 g/mol. The lowest BCUT2D eigenvalue weighted by atomic mass is 9.92. The molecular weight excluding hydrogens is 242 g/mol. The first-order chi connectivity index (χ1) is 8.56. The van der Waals surface area contributed by atoms with Crippen LogP contribution in [0.5, 0.6) is 5.75 Å². The van der Waals surface area contributed by atoms with E-state index >= 15 is 0 Å². The van der Waals surface area contributed by atoms with E-state index < -0.39 is 0 Å². The second-order valence-corrected chi connectivity index (χ2v) is 6.06. The van der Waals surface area contributed by atoms with Crippen LogP contribution in [0, 0.1) is 0 Å². The highest BCUT2D eigenvalue weighted by Gasteiger charge is 2.20. The summed E-state index contributed by atoms with van der Waals surface area (Å²) in [7, 11) is 1.68. The Kier molecular flexibility index (Phi) is 3.73. The van der Waals surface area contributed by atoms with Gasteiger partial charge in [0.15, 0.2) is 0 Å². The topological polar surface area (TPSA) is 35.2 Å². The molecule has 3 heteroatoms. The van der Waals surface area contributed by atoms with E-state index in [0.29, 0.717) is 6.54 Å². The second-order valence-electron chi connectivity index (χ2n) is 4.98. The van der Waals surface area contributed by atoms with E-state index in [1.165, 1.54) is 15.3 Å². The van der Waals surface area contributed by atoms with E-state index in [1.54, 1.807) is 7.11 Å². The van der Waals surface area contributed by atoms with Crippen LogP contribution in [0.15, 0.2) is 36.4 Å². The zero-order valence-electron chi connectivity index (χ0n) is 11.1. The Morgan fingerprint density at radius 3 is 2.33 bits per heavy atom. The summed E-state index contributed by atoms with van der Waals surface area (Å²) in [5.74, 6) is 0.887.